The Morgan fingerprint density at radius 1 is 1.38 bits per heavy atom. The van der Waals surface area contributed by atoms with Gasteiger partial charge in [0.15, 0.2) is 5.65 Å². The van der Waals surface area contributed by atoms with E-state index in [0.717, 1.165) is 18.5 Å². The molecule has 0 aromatic carbocycles. The summed E-state index contributed by atoms with van der Waals surface area (Å²) in [7, 11) is 0.150. The normalized spacial score (nSPS) is 19.5. The molecule has 1 aliphatic heterocycles. The van der Waals surface area contributed by atoms with E-state index in [1.54, 1.807) is 24.8 Å². The van der Waals surface area contributed by atoms with Gasteiger partial charge in [0.2, 0.25) is 10.0 Å². The van der Waals surface area contributed by atoms with Crippen molar-refractivity contribution in [2.75, 3.05) is 33.4 Å². The summed E-state index contributed by atoms with van der Waals surface area (Å²) in [4.78, 5) is 18.0. The van der Waals surface area contributed by atoms with Gasteiger partial charge >= 0.3 is 0 Å². The van der Waals surface area contributed by atoms with Gasteiger partial charge in [0.05, 0.1) is 18.1 Å². The summed E-state index contributed by atoms with van der Waals surface area (Å²) in [5.41, 5.74) is 1.83. The molecule has 1 amide bonds. The zero-order chi connectivity index (χ0) is 17.5. The van der Waals surface area contributed by atoms with Gasteiger partial charge in [-0.25, -0.2) is 22.2 Å². The summed E-state index contributed by atoms with van der Waals surface area (Å²) in [6.45, 7) is 0.974. The van der Waals surface area contributed by atoms with E-state index in [0.29, 0.717) is 24.3 Å². The van der Waals surface area contributed by atoms with Crippen LogP contribution in [0.5, 0.6) is 0 Å². The van der Waals surface area contributed by atoms with Crippen LogP contribution in [0, 0.1) is 0 Å². The highest BCUT2D eigenvalue weighted by molar-refractivity contribution is 7.88. The third-order valence-corrected chi connectivity index (χ3v) is 5.61. The molecule has 1 fully saturated rings. The summed E-state index contributed by atoms with van der Waals surface area (Å²) in [6.07, 6.45) is 6.08. The number of sulfonamides is 1. The maximum absolute atomic E-state index is 12.2. The van der Waals surface area contributed by atoms with E-state index in [1.165, 1.54) is 21.7 Å². The van der Waals surface area contributed by atoms with Gasteiger partial charge in [-0.3, -0.25) is 4.79 Å². The molecule has 130 valence electrons. The minimum absolute atomic E-state index is 0.0289. The third kappa shape index (κ3) is 3.01. The van der Waals surface area contributed by atoms with Crippen LogP contribution in [0.3, 0.4) is 0 Å². The molecule has 0 aliphatic carbocycles. The van der Waals surface area contributed by atoms with Crippen molar-refractivity contribution in [2.45, 2.75) is 18.8 Å². The number of carbonyl (C=O) groups is 1. The van der Waals surface area contributed by atoms with Crippen molar-refractivity contribution >= 4 is 21.6 Å². The van der Waals surface area contributed by atoms with Crippen LogP contribution in [0.2, 0.25) is 0 Å². The quantitative estimate of drug-likeness (QED) is 0.807. The molecular formula is C15H21N5O3S. The first-order valence-electron chi connectivity index (χ1n) is 7.78. The van der Waals surface area contributed by atoms with Crippen LogP contribution in [0.25, 0.3) is 5.65 Å². The molecule has 0 unspecified atom stereocenters. The zero-order valence-corrected chi connectivity index (χ0v) is 14.8. The standard InChI is InChI=1S/C15H21N5O3S/c1-18(2)15(21)12-9-17-20-13(6-7-16-14(12)20)11-5-4-8-19(10-11)24(3,22)23/h6-7,9,11H,4-5,8,10H2,1-3H3/t11-/m0/s1. The van der Waals surface area contributed by atoms with Crippen LogP contribution >= 0.6 is 0 Å². The molecular weight excluding hydrogens is 330 g/mol. The molecule has 2 aromatic heterocycles. The molecule has 0 N–H and O–H groups in total. The predicted molar refractivity (Wildman–Crippen MR) is 89.4 cm³/mol. The number of hydrogen-bond donors (Lipinski definition) is 0. The second-order valence-corrected chi connectivity index (χ2v) is 8.31. The molecule has 1 saturated heterocycles. The summed E-state index contributed by atoms with van der Waals surface area (Å²) in [6, 6.07) is 1.85. The number of carbonyl (C=O) groups excluding carboxylic acids is 1. The zero-order valence-electron chi connectivity index (χ0n) is 14.0. The third-order valence-electron chi connectivity index (χ3n) is 4.34. The van der Waals surface area contributed by atoms with Gasteiger partial charge < -0.3 is 4.90 Å². The molecule has 1 aliphatic rings. The number of fused-ring (bicyclic) bond motifs is 1. The van der Waals surface area contributed by atoms with Gasteiger partial charge in [0, 0.05) is 39.3 Å². The Morgan fingerprint density at radius 3 is 2.79 bits per heavy atom. The average Bonchev–Trinajstić information content (AvgIpc) is 2.97. The highest BCUT2D eigenvalue weighted by atomic mass is 32.2. The molecule has 3 heterocycles. The number of rotatable bonds is 3. The van der Waals surface area contributed by atoms with Crippen molar-refractivity contribution in [2.24, 2.45) is 0 Å². The smallest absolute Gasteiger partial charge is 0.258 e. The van der Waals surface area contributed by atoms with Crippen LogP contribution in [0.4, 0.5) is 0 Å². The number of aromatic nitrogens is 3. The Morgan fingerprint density at radius 2 is 2.12 bits per heavy atom. The van der Waals surface area contributed by atoms with Crippen molar-refractivity contribution < 1.29 is 13.2 Å². The van der Waals surface area contributed by atoms with E-state index in [4.69, 9.17) is 0 Å². The fourth-order valence-electron chi connectivity index (χ4n) is 3.10. The van der Waals surface area contributed by atoms with Gasteiger partial charge in [-0.2, -0.15) is 5.10 Å². The molecule has 2 aromatic rings. The predicted octanol–water partition coefficient (Wildman–Crippen LogP) is 0.570. The van der Waals surface area contributed by atoms with Crippen molar-refractivity contribution in [3.05, 3.63) is 29.7 Å². The summed E-state index contributed by atoms with van der Waals surface area (Å²) in [5, 5.41) is 4.32. The Hall–Kier alpha value is -2.00. The highest BCUT2D eigenvalue weighted by Gasteiger charge is 2.29. The molecule has 0 bridgehead atoms. The van der Waals surface area contributed by atoms with E-state index in [2.05, 4.69) is 10.1 Å². The first-order valence-corrected chi connectivity index (χ1v) is 9.63. The lowest BCUT2D eigenvalue weighted by molar-refractivity contribution is 0.0829. The summed E-state index contributed by atoms with van der Waals surface area (Å²) >= 11 is 0. The van der Waals surface area contributed by atoms with E-state index >= 15 is 0 Å². The maximum atomic E-state index is 12.2. The van der Waals surface area contributed by atoms with Crippen molar-refractivity contribution in [3.63, 3.8) is 0 Å². The molecule has 24 heavy (non-hydrogen) atoms. The van der Waals surface area contributed by atoms with Crippen LogP contribution in [-0.2, 0) is 10.0 Å². The minimum Gasteiger partial charge on any atom is -0.345 e. The maximum Gasteiger partial charge on any atom is 0.258 e. The van der Waals surface area contributed by atoms with Crippen molar-refractivity contribution in [1.82, 2.24) is 23.8 Å². The fraction of sp³-hybridized carbons (Fsp3) is 0.533. The van der Waals surface area contributed by atoms with Gasteiger partial charge in [0.25, 0.3) is 5.91 Å². The lowest BCUT2D eigenvalue weighted by Crippen LogP contribution is -2.38. The van der Waals surface area contributed by atoms with Crippen LogP contribution < -0.4 is 0 Å². The Bertz CT molecular complexity index is 874. The largest absolute Gasteiger partial charge is 0.345 e. The summed E-state index contributed by atoms with van der Waals surface area (Å²) in [5.74, 6) is -0.128. The van der Waals surface area contributed by atoms with E-state index < -0.39 is 10.0 Å². The average molecular weight is 351 g/mol. The lowest BCUT2D eigenvalue weighted by atomic mass is 9.96. The second-order valence-electron chi connectivity index (χ2n) is 6.32. The molecule has 0 spiro atoms. The van der Waals surface area contributed by atoms with Crippen LogP contribution in [-0.4, -0.2) is 71.6 Å². The molecule has 8 nitrogen and oxygen atoms in total. The number of nitrogens with zero attached hydrogens (tertiary/aromatic N) is 5. The van der Waals surface area contributed by atoms with Crippen molar-refractivity contribution in [1.29, 1.82) is 0 Å². The SMILES string of the molecule is CN(C)C(=O)c1cnn2c([C@H]3CCCN(S(C)(=O)=O)C3)ccnc12. The monoisotopic (exact) mass is 351 g/mol. The van der Waals surface area contributed by atoms with E-state index in [1.807, 2.05) is 6.07 Å². The van der Waals surface area contributed by atoms with Crippen molar-refractivity contribution in [3.8, 4) is 0 Å². The first kappa shape index (κ1) is 16.8. The minimum atomic E-state index is -3.21. The van der Waals surface area contributed by atoms with Gasteiger partial charge in [-0.1, -0.05) is 0 Å². The molecule has 0 radical (unpaired) electrons. The van der Waals surface area contributed by atoms with Crippen LogP contribution in [0.1, 0.15) is 34.8 Å². The first-order chi connectivity index (χ1) is 11.3. The van der Waals surface area contributed by atoms with E-state index in [-0.39, 0.29) is 11.8 Å². The Kier molecular flexibility index (Phi) is 4.31. The number of hydrogen-bond acceptors (Lipinski definition) is 5. The Balaban J connectivity index is 2.00. The molecule has 1 atom stereocenters. The highest BCUT2D eigenvalue weighted by Crippen LogP contribution is 2.28. The van der Waals surface area contributed by atoms with Gasteiger partial charge in [0.1, 0.15) is 5.56 Å². The van der Waals surface area contributed by atoms with Gasteiger partial charge in [-0.15, -0.1) is 0 Å². The van der Waals surface area contributed by atoms with Gasteiger partial charge in [-0.05, 0) is 18.9 Å². The lowest BCUT2D eigenvalue weighted by Gasteiger charge is -2.31. The fourth-order valence-corrected chi connectivity index (χ4v) is 4.01. The topological polar surface area (TPSA) is 87.9 Å². The number of piperidine rings is 1. The second kappa shape index (κ2) is 6.14. The Labute approximate surface area is 141 Å². The van der Waals surface area contributed by atoms with E-state index in [9.17, 15) is 13.2 Å². The molecule has 9 heteroatoms. The summed E-state index contributed by atoms with van der Waals surface area (Å²) < 4.78 is 26.8. The van der Waals surface area contributed by atoms with Crippen LogP contribution in [0.15, 0.2) is 18.5 Å². The molecule has 0 saturated carbocycles. The molecule has 3 rings (SSSR count). The number of amides is 1.